The van der Waals surface area contributed by atoms with Gasteiger partial charge in [-0.25, -0.2) is 9.18 Å². The summed E-state index contributed by atoms with van der Waals surface area (Å²) in [7, 11) is 0. The highest BCUT2D eigenvalue weighted by Gasteiger charge is 2.24. The maximum atomic E-state index is 13.6. The molecule has 0 aliphatic heterocycles. The first-order valence-electron chi connectivity index (χ1n) is 13.8. The van der Waals surface area contributed by atoms with Crippen LogP contribution in [0.1, 0.15) is 65.0 Å². The van der Waals surface area contributed by atoms with Gasteiger partial charge in [0.25, 0.3) is 0 Å². The Balaban J connectivity index is 1.46. The SMILES string of the molecule is CCCc1c(OCCC=CC=C[C@H](Sc2ccc3c(=O)cc(C(=O)O)oc3c2)[C@H](O)c2cc(F)co2)ccc(C(C)=O)c1O. The molecule has 0 radical (unpaired) electrons. The van der Waals surface area contributed by atoms with Gasteiger partial charge in [-0.2, -0.15) is 0 Å². The zero-order chi connectivity index (χ0) is 31.8. The molecule has 0 spiro atoms. The third-order valence-electron chi connectivity index (χ3n) is 6.58. The number of phenols is 1. The summed E-state index contributed by atoms with van der Waals surface area (Å²) in [6, 6.07) is 9.89. The Labute approximate surface area is 256 Å². The summed E-state index contributed by atoms with van der Waals surface area (Å²) in [6.07, 6.45) is 8.50. The highest BCUT2D eigenvalue weighted by Crippen LogP contribution is 2.35. The maximum absolute atomic E-state index is 13.6. The molecule has 0 bridgehead atoms. The molecule has 2 heterocycles. The van der Waals surface area contributed by atoms with Crippen LogP contribution in [0.3, 0.4) is 0 Å². The number of halogens is 1. The molecule has 0 amide bonds. The van der Waals surface area contributed by atoms with E-state index >= 15 is 0 Å². The number of Topliss-reactive ketones (excluding diaryl/α,β-unsaturated/α-hetero) is 1. The van der Waals surface area contributed by atoms with Gasteiger partial charge in [0.15, 0.2) is 17.0 Å². The van der Waals surface area contributed by atoms with Gasteiger partial charge >= 0.3 is 5.97 Å². The largest absolute Gasteiger partial charge is 0.507 e. The predicted octanol–water partition coefficient (Wildman–Crippen LogP) is 6.86. The highest BCUT2D eigenvalue weighted by atomic mass is 32.2. The molecule has 3 N–H and O–H groups in total. The lowest BCUT2D eigenvalue weighted by Gasteiger charge is -2.18. The van der Waals surface area contributed by atoms with Crippen LogP contribution < -0.4 is 10.2 Å². The van der Waals surface area contributed by atoms with E-state index in [1.807, 2.05) is 13.0 Å². The average Bonchev–Trinajstić information content (AvgIpc) is 3.42. The number of rotatable bonds is 14. The number of furan rings is 1. The number of benzene rings is 2. The molecule has 0 unspecified atom stereocenters. The van der Waals surface area contributed by atoms with Crippen molar-refractivity contribution < 1.29 is 42.9 Å². The number of aromatic hydroxyl groups is 1. The van der Waals surface area contributed by atoms with Crippen molar-refractivity contribution in [1.82, 2.24) is 0 Å². The van der Waals surface area contributed by atoms with Gasteiger partial charge in [-0.3, -0.25) is 9.59 Å². The number of carboxylic acid groups (broad SMARTS) is 1. The lowest BCUT2D eigenvalue weighted by molar-refractivity contribution is 0.0662. The molecule has 2 aromatic carbocycles. The van der Waals surface area contributed by atoms with E-state index in [0.29, 0.717) is 35.7 Å². The number of ketones is 1. The number of hydrogen-bond acceptors (Lipinski definition) is 9. The zero-order valence-corrected chi connectivity index (χ0v) is 24.8. The van der Waals surface area contributed by atoms with Gasteiger partial charge in [0.1, 0.15) is 35.2 Å². The number of carbonyl (C=O) groups excluding carboxylic acids is 1. The molecule has 0 fully saturated rings. The summed E-state index contributed by atoms with van der Waals surface area (Å²) in [4.78, 5) is 36.0. The zero-order valence-electron chi connectivity index (χ0n) is 24.0. The minimum atomic E-state index is -1.37. The van der Waals surface area contributed by atoms with Crippen LogP contribution in [0.25, 0.3) is 11.0 Å². The van der Waals surface area contributed by atoms with Gasteiger partial charge in [0.05, 0.1) is 22.8 Å². The smallest absolute Gasteiger partial charge is 0.371 e. The third kappa shape index (κ3) is 7.86. The number of carbonyl (C=O) groups is 2. The molecule has 9 nitrogen and oxygen atoms in total. The van der Waals surface area contributed by atoms with E-state index in [2.05, 4.69) is 0 Å². The van der Waals surface area contributed by atoms with Gasteiger partial charge < -0.3 is 28.9 Å². The fourth-order valence-corrected chi connectivity index (χ4v) is 5.51. The lowest BCUT2D eigenvalue weighted by Crippen LogP contribution is -2.12. The lowest BCUT2D eigenvalue weighted by atomic mass is 10.0. The second-order valence-corrected chi connectivity index (χ2v) is 11.1. The summed E-state index contributed by atoms with van der Waals surface area (Å²) in [6.45, 7) is 3.68. The number of ether oxygens (including phenoxy) is 1. The number of thioether (sulfide) groups is 1. The maximum Gasteiger partial charge on any atom is 0.371 e. The predicted molar refractivity (Wildman–Crippen MR) is 163 cm³/mol. The minimum absolute atomic E-state index is 0.0180. The van der Waals surface area contributed by atoms with E-state index in [4.69, 9.17) is 13.6 Å². The van der Waals surface area contributed by atoms with Gasteiger partial charge in [0.2, 0.25) is 5.76 Å². The number of aliphatic hydroxyl groups is 1. The molecule has 11 heteroatoms. The van der Waals surface area contributed by atoms with Crippen LogP contribution in [0.2, 0.25) is 0 Å². The molecule has 0 saturated heterocycles. The number of phenolic OH excluding ortho intramolecular Hbond substituents is 1. The van der Waals surface area contributed by atoms with Crippen LogP contribution in [0, 0.1) is 5.82 Å². The molecule has 0 aliphatic rings. The Hall–Kier alpha value is -4.61. The van der Waals surface area contributed by atoms with Crippen LogP contribution in [0.15, 0.2) is 91.6 Å². The van der Waals surface area contributed by atoms with E-state index in [1.54, 1.807) is 36.4 Å². The standard InChI is InChI=1S/C33H31FO9S/c1-3-8-24-26(13-12-22(19(2)35)31(24)37)41-14-7-5-4-6-9-30(32(38)28-15-20(34)18-42-28)44-21-10-11-23-25(36)17-29(33(39)40)43-27(23)16-21/h4-6,9-13,15-18,30,32,37-38H,3,7-8,14H2,1-2H3,(H,39,40)/t30-,32+/m0/s1. The molecule has 2 aromatic heterocycles. The molecule has 2 atom stereocenters. The Morgan fingerprint density at radius 2 is 1.93 bits per heavy atom. The fraction of sp³-hybridized carbons (Fsp3) is 0.242. The van der Waals surface area contributed by atoms with Crippen molar-refractivity contribution in [2.24, 2.45) is 0 Å². The van der Waals surface area contributed by atoms with Crippen molar-refractivity contribution in [3.05, 3.63) is 112 Å². The molecular weight excluding hydrogens is 591 g/mol. The van der Waals surface area contributed by atoms with Crippen molar-refractivity contribution in [3.8, 4) is 11.5 Å². The number of aliphatic hydroxyl groups excluding tert-OH is 1. The van der Waals surface area contributed by atoms with Gasteiger partial charge in [-0.15, -0.1) is 11.8 Å². The van der Waals surface area contributed by atoms with Crippen LogP contribution >= 0.6 is 11.8 Å². The fourth-order valence-electron chi connectivity index (χ4n) is 4.44. The first-order valence-corrected chi connectivity index (χ1v) is 14.7. The quantitative estimate of drug-likeness (QED) is 0.0590. The first kappa shape index (κ1) is 32.3. The molecule has 0 aliphatic carbocycles. The molecule has 0 saturated carbocycles. The van der Waals surface area contributed by atoms with E-state index in [1.165, 1.54) is 30.8 Å². The number of fused-ring (bicyclic) bond motifs is 1. The average molecular weight is 623 g/mol. The number of allylic oxidation sites excluding steroid dienone is 2. The third-order valence-corrected chi connectivity index (χ3v) is 7.80. The van der Waals surface area contributed by atoms with E-state index in [9.17, 15) is 34.1 Å². The van der Waals surface area contributed by atoms with Crippen molar-refractivity contribution in [2.75, 3.05) is 6.61 Å². The summed E-state index contributed by atoms with van der Waals surface area (Å²) >= 11 is 1.18. The number of aromatic carboxylic acids is 1. The summed E-state index contributed by atoms with van der Waals surface area (Å²) < 4.78 is 30.0. The monoisotopic (exact) mass is 622 g/mol. The molecule has 4 rings (SSSR count). The van der Waals surface area contributed by atoms with Crippen LogP contribution in [-0.2, 0) is 6.42 Å². The molecular formula is C33H31FO9S. The van der Waals surface area contributed by atoms with Crippen LogP contribution in [0.4, 0.5) is 4.39 Å². The summed E-state index contributed by atoms with van der Waals surface area (Å²) in [5.74, 6) is -2.24. The number of carboxylic acids is 1. The second-order valence-electron chi connectivity index (χ2n) is 9.83. The highest BCUT2D eigenvalue weighted by molar-refractivity contribution is 8.00. The summed E-state index contributed by atoms with van der Waals surface area (Å²) in [5.41, 5.74) is 0.436. The Kier molecular flexibility index (Phi) is 10.8. The van der Waals surface area contributed by atoms with Crippen molar-refractivity contribution in [3.63, 3.8) is 0 Å². The van der Waals surface area contributed by atoms with Gasteiger partial charge in [-0.05, 0) is 50.1 Å². The van der Waals surface area contributed by atoms with E-state index in [-0.39, 0.29) is 33.8 Å². The van der Waals surface area contributed by atoms with Crippen molar-refractivity contribution >= 4 is 34.5 Å². The summed E-state index contributed by atoms with van der Waals surface area (Å²) in [5, 5.41) is 30.2. The van der Waals surface area contributed by atoms with Crippen LogP contribution in [0.5, 0.6) is 11.5 Å². The Bertz CT molecular complexity index is 1770. The Morgan fingerprint density at radius 3 is 2.61 bits per heavy atom. The van der Waals surface area contributed by atoms with E-state index in [0.717, 1.165) is 24.8 Å². The minimum Gasteiger partial charge on any atom is -0.507 e. The second kappa shape index (κ2) is 14.7. The van der Waals surface area contributed by atoms with E-state index < -0.39 is 34.3 Å². The van der Waals surface area contributed by atoms with Gasteiger partial charge in [0, 0.05) is 22.6 Å². The Morgan fingerprint density at radius 1 is 1.14 bits per heavy atom. The molecule has 44 heavy (non-hydrogen) atoms. The van der Waals surface area contributed by atoms with Gasteiger partial charge in [-0.1, -0.05) is 37.6 Å². The van der Waals surface area contributed by atoms with Crippen molar-refractivity contribution in [2.45, 2.75) is 49.4 Å². The number of hydrogen-bond donors (Lipinski definition) is 3. The van der Waals surface area contributed by atoms with Crippen LogP contribution in [-0.4, -0.2) is 38.9 Å². The molecule has 4 aromatic rings. The normalized spacial score (nSPS) is 13.1. The van der Waals surface area contributed by atoms with Crippen molar-refractivity contribution in [1.29, 1.82) is 0 Å². The molecule has 230 valence electrons. The first-order chi connectivity index (χ1) is 21.1. The topological polar surface area (TPSA) is 147 Å².